The number of amides is 1. The Bertz CT molecular complexity index is 1190. The van der Waals surface area contributed by atoms with Gasteiger partial charge in [-0.1, -0.05) is 59.8 Å². The predicted molar refractivity (Wildman–Crippen MR) is 121 cm³/mol. The molecule has 2 heterocycles. The minimum atomic E-state index is -0.0732. The molecule has 0 atom stereocenters. The molecule has 1 N–H and O–H groups in total. The number of thioether (sulfide) groups is 1. The van der Waals surface area contributed by atoms with E-state index in [1.165, 1.54) is 17.3 Å². The highest BCUT2D eigenvalue weighted by molar-refractivity contribution is 8.00. The first kappa shape index (κ1) is 19.5. The number of thiazole rings is 1. The summed E-state index contributed by atoms with van der Waals surface area (Å²) in [4.78, 5) is 17.1. The molecule has 0 fully saturated rings. The van der Waals surface area contributed by atoms with E-state index in [4.69, 9.17) is 0 Å². The summed E-state index contributed by atoms with van der Waals surface area (Å²) in [7, 11) is 0. The van der Waals surface area contributed by atoms with Gasteiger partial charge in [-0.15, -0.1) is 21.5 Å². The lowest BCUT2D eigenvalue weighted by atomic mass is 10.1. The highest BCUT2D eigenvalue weighted by Crippen LogP contribution is 2.35. The highest BCUT2D eigenvalue weighted by Gasteiger charge is 2.17. The summed E-state index contributed by atoms with van der Waals surface area (Å²) in [6.07, 6.45) is 0. The molecule has 7 heteroatoms. The van der Waals surface area contributed by atoms with Crippen LogP contribution in [0.25, 0.3) is 21.5 Å². The molecule has 0 aliphatic carbocycles. The number of benzene rings is 2. The summed E-state index contributed by atoms with van der Waals surface area (Å²) in [5, 5.41) is 13.4. The maximum atomic E-state index is 12.5. The lowest BCUT2D eigenvalue weighted by Gasteiger charge is -2.09. The van der Waals surface area contributed by atoms with Crippen LogP contribution in [0.1, 0.15) is 16.1 Å². The molecule has 5 nitrogen and oxygen atoms in total. The third-order valence-corrected chi connectivity index (χ3v) is 6.37. The van der Waals surface area contributed by atoms with Crippen LogP contribution in [0.4, 0.5) is 5.69 Å². The number of carbonyl (C=O) groups is 1. The molecular formula is C22H20N4OS2. The van der Waals surface area contributed by atoms with Crippen molar-refractivity contribution in [1.82, 2.24) is 15.2 Å². The number of hydrogen-bond donors (Lipinski definition) is 1. The first-order valence-corrected chi connectivity index (χ1v) is 11.0. The first-order chi connectivity index (χ1) is 14.0. The molecule has 2 aromatic heterocycles. The standard InChI is InChI=1S/C22H20N4OS2/c1-13-9-10-17(14(2)11-13)24-18(27)12-28-22-20-21(29-15(3)23-20)19(25-26-22)16-7-5-4-6-8-16/h4-11H,12H2,1-3H3,(H,24,27). The van der Waals surface area contributed by atoms with Crippen LogP contribution >= 0.6 is 23.1 Å². The van der Waals surface area contributed by atoms with E-state index in [2.05, 4.69) is 26.6 Å². The zero-order valence-electron chi connectivity index (χ0n) is 16.4. The van der Waals surface area contributed by atoms with E-state index in [0.717, 1.165) is 37.7 Å². The van der Waals surface area contributed by atoms with E-state index >= 15 is 0 Å². The summed E-state index contributed by atoms with van der Waals surface area (Å²) in [6.45, 7) is 6.00. The average Bonchev–Trinajstić information content (AvgIpc) is 3.10. The van der Waals surface area contributed by atoms with Gasteiger partial charge in [0.15, 0.2) is 0 Å². The fraction of sp³-hybridized carbons (Fsp3) is 0.182. The van der Waals surface area contributed by atoms with Crippen LogP contribution in [0.15, 0.2) is 53.6 Å². The minimum Gasteiger partial charge on any atom is -0.325 e. The molecule has 0 radical (unpaired) electrons. The van der Waals surface area contributed by atoms with Crippen molar-refractivity contribution in [2.45, 2.75) is 25.8 Å². The molecule has 0 saturated heterocycles. The second kappa shape index (κ2) is 8.31. The van der Waals surface area contributed by atoms with Crippen LogP contribution in [0.5, 0.6) is 0 Å². The largest absolute Gasteiger partial charge is 0.325 e. The van der Waals surface area contributed by atoms with Crippen LogP contribution in [0.2, 0.25) is 0 Å². The van der Waals surface area contributed by atoms with Gasteiger partial charge >= 0.3 is 0 Å². The van der Waals surface area contributed by atoms with Crippen molar-refractivity contribution in [1.29, 1.82) is 0 Å². The van der Waals surface area contributed by atoms with Crippen molar-refractivity contribution in [2.75, 3.05) is 11.1 Å². The lowest BCUT2D eigenvalue weighted by Crippen LogP contribution is -2.15. The summed E-state index contributed by atoms with van der Waals surface area (Å²) >= 11 is 2.96. The van der Waals surface area contributed by atoms with Crippen molar-refractivity contribution in [3.8, 4) is 11.3 Å². The van der Waals surface area contributed by atoms with Crippen molar-refractivity contribution in [3.63, 3.8) is 0 Å². The van der Waals surface area contributed by atoms with E-state index < -0.39 is 0 Å². The highest BCUT2D eigenvalue weighted by atomic mass is 32.2. The van der Waals surface area contributed by atoms with Gasteiger partial charge in [-0.2, -0.15) is 0 Å². The fourth-order valence-electron chi connectivity index (χ4n) is 3.08. The number of anilines is 1. The zero-order chi connectivity index (χ0) is 20.4. The Morgan fingerprint density at radius 1 is 1.07 bits per heavy atom. The third kappa shape index (κ3) is 4.31. The van der Waals surface area contributed by atoms with Gasteiger partial charge in [-0.3, -0.25) is 4.79 Å². The number of aryl methyl sites for hydroxylation is 3. The van der Waals surface area contributed by atoms with Crippen LogP contribution in [0, 0.1) is 20.8 Å². The minimum absolute atomic E-state index is 0.0732. The number of hydrogen-bond acceptors (Lipinski definition) is 6. The second-order valence-corrected chi connectivity index (χ2v) is 8.95. The van der Waals surface area contributed by atoms with E-state index in [-0.39, 0.29) is 11.7 Å². The van der Waals surface area contributed by atoms with Crippen LogP contribution in [-0.4, -0.2) is 26.8 Å². The van der Waals surface area contributed by atoms with Gasteiger partial charge in [0.25, 0.3) is 0 Å². The number of aromatic nitrogens is 3. The summed E-state index contributed by atoms with van der Waals surface area (Å²) in [6, 6.07) is 16.0. The molecule has 4 aromatic rings. The Morgan fingerprint density at radius 2 is 1.86 bits per heavy atom. The molecule has 0 aliphatic rings. The first-order valence-electron chi connectivity index (χ1n) is 9.20. The van der Waals surface area contributed by atoms with Gasteiger partial charge < -0.3 is 5.32 Å². The maximum Gasteiger partial charge on any atom is 0.234 e. The van der Waals surface area contributed by atoms with Gasteiger partial charge in [0, 0.05) is 11.3 Å². The van der Waals surface area contributed by atoms with E-state index in [9.17, 15) is 4.79 Å². The Kier molecular flexibility index (Phi) is 5.60. The smallest absolute Gasteiger partial charge is 0.234 e. The lowest BCUT2D eigenvalue weighted by molar-refractivity contribution is -0.113. The summed E-state index contributed by atoms with van der Waals surface area (Å²) in [5.74, 6) is 0.175. The predicted octanol–water partition coefficient (Wildman–Crippen LogP) is 5.41. The van der Waals surface area contributed by atoms with Crippen LogP contribution in [-0.2, 0) is 4.79 Å². The Morgan fingerprint density at radius 3 is 2.62 bits per heavy atom. The Labute approximate surface area is 177 Å². The average molecular weight is 421 g/mol. The Balaban J connectivity index is 1.55. The summed E-state index contributed by atoms with van der Waals surface area (Å²) in [5.41, 5.74) is 5.71. The summed E-state index contributed by atoms with van der Waals surface area (Å²) < 4.78 is 1.00. The van der Waals surface area contributed by atoms with Crippen molar-refractivity contribution in [2.24, 2.45) is 0 Å². The van der Waals surface area contributed by atoms with E-state index in [1.807, 2.05) is 63.2 Å². The van der Waals surface area contributed by atoms with E-state index in [1.54, 1.807) is 11.3 Å². The topological polar surface area (TPSA) is 67.8 Å². The maximum absolute atomic E-state index is 12.5. The van der Waals surface area contributed by atoms with Gasteiger partial charge in [0.05, 0.1) is 15.5 Å². The van der Waals surface area contributed by atoms with Gasteiger partial charge in [0.1, 0.15) is 16.2 Å². The normalized spacial score (nSPS) is 11.0. The third-order valence-electron chi connectivity index (χ3n) is 4.44. The molecule has 0 spiro atoms. The molecule has 146 valence electrons. The molecule has 2 aromatic carbocycles. The molecule has 29 heavy (non-hydrogen) atoms. The molecule has 0 bridgehead atoms. The van der Waals surface area contributed by atoms with E-state index in [0.29, 0.717) is 5.03 Å². The molecule has 0 unspecified atom stereocenters. The van der Waals surface area contributed by atoms with Gasteiger partial charge in [-0.25, -0.2) is 4.98 Å². The molecular weight excluding hydrogens is 400 g/mol. The molecule has 4 rings (SSSR count). The number of nitrogens with one attached hydrogen (secondary N) is 1. The number of rotatable bonds is 5. The zero-order valence-corrected chi connectivity index (χ0v) is 18.0. The van der Waals surface area contributed by atoms with Crippen LogP contribution < -0.4 is 5.32 Å². The van der Waals surface area contributed by atoms with Crippen molar-refractivity contribution < 1.29 is 4.79 Å². The van der Waals surface area contributed by atoms with Gasteiger partial charge in [-0.05, 0) is 32.4 Å². The number of nitrogens with zero attached hydrogens (tertiary/aromatic N) is 3. The molecule has 0 saturated carbocycles. The Hall–Kier alpha value is -2.77. The quantitative estimate of drug-likeness (QED) is 0.437. The van der Waals surface area contributed by atoms with Crippen molar-refractivity contribution >= 4 is 44.9 Å². The SMILES string of the molecule is Cc1ccc(NC(=O)CSc2nnc(-c3ccccc3)c3sc(C)nc23)c(C)c1. The number of fused-ring (bicyclic) bond motifs is 1. The molecule has 1 amide bonds. The van der Waals surface area contributed by atoms with Crippen LogP contribution in [0.3, 0.4) is 0 Å². The number of carbonyl (C=O) groups excluding carboxylic acids is 1. The fourth-order valence-corrected chi connectivity index (χ4v) is 4.79. The van der Waals surface area contributed by atoms with Gasteiger partial charge in [0.2, 0.25) is 5.91 Å². The molecule has 0 aliphatic heterocycles. The van der Waals surface area contributed by atoms with Crippen molar-refractivity contribution in [3.05, 3.63) is 64.7 Å². The monoisotopic (exact) mass is 420 g/mol. The second-order valence-electron chi connectivity index (χ2n) is 6.79.